The topological polar surface area (TPSA) is 84.0 Å². The Bertz CT molecular complexity index is 1660. The van der Waals surface area contributed by atoms with Crippen LogP contribution < -0.4 is 10.6 Å². The number of carbonyl (C=O) groups is 2. The molecule has 182 valence electrons. The van der Waals surface area contributed by atoms with Crippen LogP contribution in [0.2, 0.25) is 0 Å². The van der Waals surface area contributed by atoms with Gasteiger partial charge in [0.25, 0.3) is 0 Å². The van der Waals surface area contributed by atoms with Crippen LogP contribution in [0.3, 0.4) is 0 Å². The number of nitrogens with zero attached hydrogens (tertiary/aromatic N) is 2. The Kier molecular flexibility index (Phi) is 6.34. The second-order valence-electron chi connectivity index (χ2n) is 8.11. The third-order valence-corrected chi connectivity index (χ3v) is 5.55. The van der Waals surface area contributed by atoms with Crippen LogP contribution in [-0.4, -0.2) is 21.8 Å². The molecule has 0 aliphatic carbocycles. The molecule has 0 fully saturated rings. The van der Waals surface area contributed by atoms with Crippen molar-refractivity contribution in [1.82, 2.24) is 9.97 Å². The minimum absolute atomic E-state index is 0.109. The second kappa shape index (κ2) is 9.90. The van der Waals surface area contributed by atoms with Gasteiger partial charge in [0.15, 0.2) is 11.6 Å². The molecule has 5 aromatic rings. The number of carbonyl (C=O) groups excluding carboxylic acids is 2. The van der Waals surface area contributed by atoms with Crippen LogP contribution in [0, 0.1) is 17.5 Å². The highest BCUT2D eigenvalue weighted by Gasteiger charge is 2.21. The van der Waals surface area contributed by atoms with E-state index in [4.69, 9.17) is 0 Å². The van der Waals surface area contributed by atoms with E-state index in [1.165, 1.54) is 24.3 Å². The van der Waals surface area contributed by atoms with Crippen LogP contribution in [0.5, 0.6) is 0 Å². The number of rotatable bonds is 5. The summed E-state index contributed by atoms with van der Waals surface area (Å²) in [5, 5.41) is 5.11. The standard InChI is InChI=1S/C28H17F3N4O2/c29-20-4-1-5-22(11-20)34-28(37)35-25-13-21(30)12-23(26(25)31)27(36)16-6-7-24-18(9-16)10-19(15-33-24)17-3-2-8-32-14-17/h1-15H,(H2,34,35,37). The third kappa shape index (κ3) is 5.15. The maximum absolute atomic E-state index is 15.2. The maximum Gasteiger partial charge on any atom is 0.323 e. The summed E-state index contributed by atoms with van der Waals surface area (Å²) in [5.41, 5.74) is 1.34. The fraction of sp³-hybridized carbons (Fsp3) is 0. The lowest BCUT2D eigenvalue weighted by molar-refractivity contribution is 0.103. The Morgan fingerprint density at radius 3 is 2.41 bits per heavy atom. The molecule has 5 rings (SSSR count). The summed E-state index contributed by atoms with van der Waals surface area (Å²) in [6.45, 7) is 0. The average Bonchev–Trinajstić information content (AvgIpc) is 2.90. The molecule has 0 bridgehead atoms. The molecule has 3 aromatic carbocycles. The van der Waals surface area contributed by atoms with Crippen molar-refractivity contribution in [1.29, 1.82) is 0 Å². The van der Waals surface area contributed by atoms with E-state index in [9.17, 15) is 18.4 Å². The quantitative estimate of drug-likeness (QED) is 0.268. The van der Waals surface area contributed by atoms with Crippen LogP contribution in [0.1, 0.15) is 15.9 Å². The van der Waals surface area contributed by atoms with Gasteiger partial charge >= 0.3 is 6.03 Å². The van der Waals surface area contributed by atoms with E-state index >= 15 is 4.39 Å². The number of nitrogens with one attached hydrogen (secondary N) is 2. The monoisotopic (exact) mass is 498 g/mol. The molecule has 37 heavy (non-hydrogen) atoms. The number of halogens is 3. The van der Waals surface area contributed by atoms with E-state index in [1.54, 1.807) is 36.8 Å². The minimum atomic E-state index is -1.11. The summed E-state index contributed by atoms with van der Waals surface area (Å²) in [7, 11) is 0. The van der Waals surface area contributed by atoms with E-state index < -0.39 is 40.5 Å². The minimum Gasteiger partial charge on any atom is -0.308 e. The molecule has 0 saturated carbocycles. The largest absolute Gasteiger partial charge is 0.323 e. The molecular weight excluding hydrogens is 481 g/mol. The lowest BCUT2D eigenvalue weighted by atomic mass is 9.99. The summed E-state index contributed by atoms with van der Waals surface area (Å²) < 4.78 is 42.9. The Labute approximate surface area is 208 Å². The van der Waals surface area contributed by atoms with Crippen molar-refractivity contribution in [2.24, 2.45) is 0 Å². The highest BCUT2D eigenvalue weighted by Crippen LogP contribution is 2.26. The summed E-state index contributed by atoms with van der Waals surface area (Å²) in [5.74, 6) is -3.39. The molecule has 6 nitrogen and oxygen atoms in total. The van der Waals surface area contributed by atoms with Crippen molar-refractivity contribution in [3.05, 3.63) is 120 Å². The van der Waals surface area contributed by atoms with Crippen molar-refractivity contribution < 1.29 is 22.8 Å². The first-order chi connectivity index (χ1) is 17.9. The lowest BCUT2D eigenvalue weighted by Crippen LogP contribution is -2.21. The smallest absolute Gasteiger partial charge is 0.308 e. The number of hydrogen-bond acceptors (Lipinski definition) is 4. The predicted molar refractivity (Wildman–Crippen MR) is 134 cm³/mol. The zero-order valence-corrected chi connectivity index (χ0v) is 19.0. The lowest BCUT2D eigenvalue weighted by Gasteiger charge is -2.12. The molecule has 0 aliphatic rings. The van der Waals surface area contributed by atoms with E-state index in [1.807, 2.05) is 12.1 Å². The number of hydrogen-bond donors (Lipinski definition) is 2. The number of amides is 2. The van der Waals surface area contributed by atoms with Gasteiger partial charge in [-0.3, -0.25) is 14.8 Å². The van der Waals surface area contributed by atoms with Crippen molar-refractivity contribution in [2.45, 2.75) is 0 Å². The van der Waals surface area contributed by atoms with Crippen molar-refractivity contribution >= 4 is 34.1 Å². The van der Waals surface area contributed by atoms with Gasteiger partial charge in [0.1, 0.15) is 11.6 Å². The molecule has 0 saturated heterocycles. The van der Waals surface area contributed by atoms with Crippen molar-refractivity contribution in [3.63, 3.8) is 0 Å². The van der Waals surface area contributed by atoms with Gasteiger partial charge in [0, 0.05) is 52.4 Å². The molecule has 9 heteroatoms. The molecule has 2 aromatic heterocycles. The number of urea groups is 1. The normalized spacial score (nSPS) is 10.8. The van der Waals surface area contributed by atoms with Gasteiger partial charge in [-0.1, -0.05) is 12.1 Å². The molecule has 0 aliphatic heterocycles. The van der Waals surface area contributed by atoms with E-state index in [-0.39, 0.29) is 11.3 Å². The first-order valence-corrected chi connectivity index (χ1v) is 11.0. The van der Waals surface area contributed by atoms with Crippen LogP contribution in [-0.2, 0) is 0 Å². The maximum atomic E-state index is 15.2. The molecule has 2 N–H and O–H groups in total. The van der Waals surface area contributed by atoms with Gasteiger partial charge in [-0.05, 0) is 54.6 Å². The fourth-order valence-electron chi connectivity index (χ4n) is 3.82. The number of fused-ring (bicyclic) bond motifs is 1. The fourth-order valence-corrected chi connectivity index (χ4v) is 3.82. The Hall–Kier alpha value is -5.05. The summed E-state index contributed by atoms with van der Waals surface area (Å²) in [6.07, 6.45) is 5.01. The average molecular weight is 498 g/mol. The predicted octanol–water partition coefficient (Wildman–Crippen LogP) is 6.59. The Morgan fingerprint density at radius 2 is 1.62 bits per heavy atom. The summed E-state index contributed by atoms with van der Waals surface area (Å²) in [4.78, 5) is 33.9. The zero-order chi connectivity index (χ0) is 25.9. The van der Waals surface area contributed by atoms with Gasteiger partial charge in [0.2, 0.25) is 0 Å². The van der Waals surface area contributed by atoms with Crippen LogP contribution in [0.15, 0.2) is 91.4 Å². The van der Waals surface area contributed by atoms with Crippen molar-refractivity contribution in [3.8, 4) is 11.1 Å². The number of anilines is 2. The molecule has 0 radical (unpaired) electrons. The molecule has 0 atom stereocenters. The summed E-state index contributed by atoms with van der Waals surface area (Å²) in [6, 6.07) is 15.7. The Morgan fingerprint density at radius 1 is 0.757 bits per heavy atom. The van der Waals surface area contributed by atoms with Gasteiger partial charge < -0.3 is 10.6 Å². The summed E-state index contributed by atoms with van der Waals surface area (Å²) >= 11 is 0. The first kappa shape index (κ1) is 23.7. The molecular formula is C28H17F3N4O2. The molecule has 2 amide bonds. The van der Waals surface area contributed by atoms with Crippen LogP contribution in [0.25, 0.3) is 22.0 Å². The number of ketones is 1. The Balaban J connectivity index is 1.44. The second-order valence-corrected chi connectivity index (χ2v) is 8.11. The number of benzene rings is 3. The first-order valence-electron chi connectivity index (χ1n) is 11.0. The van der Waals surface area contributed by atoms with Crippen molar-refractivity contribution in [2.75, 3.05) is 10.6 Å². The van der Waals surface area contributed by atoms with Gasteiger partial charge in [-0.2, -0.15) is 0 Å². The van der Waals surface area contributed by atoms with E-state index in [0.29, 0.717) is 10.9 Å². The van der Waals surface area contributed by atoms with Gasteiger partial charge in [-0.25, -0.2) is 18.0 Å². The molecule has 0 spiro atoms. The van der Waals surface area contributed by atoms with Crippen LogP contribution >= 0.6 is 0 Å². The van der Waals surface area contributed by atoms with Gasteiger partial charge in [-0.15, -0.1) is 0 Å². The SMILES string of the molecule is O=C(Nc1cccc(F)c1)Nc1cc(F)cc(C(=O)c2ccc3ncc(-c4cccnc4)cc3c2)c1F. The van der Waals surface area contributed by atoms with E-state index in [2.05, 4.69) is 20.6 Å². The molecule has 2 heterocycles. The molecule has 0 unspecified atom stereocenters. The van der Waals surface area contributed by atoms with Crippen LogP contribution in [0.4, 0.5) is 29.3 Å². The zero-order valence-electron chi connectivity index (χ0n) is 19.0. The van der Waals surface area contributed by atoms with Gasteiger partial charge in [0.05, 0.1) is 16.8 Å². The highest BCUT2D eigenvalue weighted by atomic mass is 19.1. The highest BCUT2D eigenvalue weighted by molar-refractivity contribution is 6.11. The number of pyridine rings is 2. The van der Waals surface area contributed by atoms with E-state index in [0.717, 1.165) is 29.3 Å². The number of aromatic nitrogens is 2. The third-order valence-electron chi connectivity index (χ3n) is 5.55.